The molecule has 1 atom stereocenters. The lowest BCUT2D eigenvalue weighted by atomic mass is 9.98. The monoisotopic (exact) mass is 422 g/mol. The van der Waals surface area contributed by atoms with Gasteiger partial charge in [-0.25, -0.2) is 4.39 Å². The molecule has 0 aromatic heterocycles. The summed E-state index contributed by atoms with van der Waals surface area (Å²) in [5.41, 5.74) is 0. The van der Waals surface area contributed by atoms with E-state index in [1.54, 1.807) is 0 Å². The summed E-state index contributed by atoms with van der Waals surface area (Å²) in [6, 6.07) is 0. The van der Waals surface area contributed by atoms with Crippen LogP contribution in [0.25, 0.3) is 0 Å². The molecule has 0 aromatic carbocycles. The van der Waals surface area contributed by atoms with Gasteiger partial charge in [0.25, 0.3) is 0 Å². The molecular weight excluding hydrogens is 412 g/mol. The Hall–Kier alpha value is -0.743. The Kier molecular flexibility index (Phi) is 6.57. The minimum atomic E-state index is -7.72. The normalized spacial score (nSPS) is 16.9. The molecule has 0 aliphatic heterocycles. The maximum atomic E-state index is 13.8. The van der Waals surface area contributed by atoms with Gasteiger partial charge in [-0.3, -0.25) is 0 Å². The van der Waals surface area contributed by atoms with Crippen LogP contribution in [0.2, 0.25) is 0 Å². The summed E-state index contributed by atoms with van der Waals surface area (Å²) in [6.07, 6.45) is -7.33. The van der Waals surface area contributed by atoms with Crippen molar-refractivity contribution in [3.63, 3.8) is 0 Å². The third kappa shape index (κ3) is 3.32. The van der Waals surface area contributed by atoms with Crippen molar-refractivity contribution in [2.24, 2.45) is 0 Å². The van der Waals surface area contributed by atoms with Gasteiger partial charge in [0.1, 0.15) is 0 Å². The van der Waals surface area contributed by atoms with Gasteiger partial charge in [0.05, 0.1) is 0 Å². The van der Waals surface area contributed by atoms with Gasteiger partial charge in [-0.1, -0.05) is 0 Å². The first kappa shape index (κ1) is 24.3. The molecule has 0 aliphatic rings. The zero-order chi connectivity index (χ0) is 20.7. The van der Waals surface area contributed by atoms with Crippen LogP contribution in [-0.2, 0) is 13.3 Å². The molecule has 0 radical (unpaired) electrons. The smallest absolute Gasteiger partial charge is 0.375 e. The van der Waals surface area contributed by atoms with Gasteiger partial charge in [-0.05, 0) is 0 Å². The van der Waals surface area contributed by atoms with E-state index >= 15 is 0 Å². The van der Waals surface area contributed by atoms with Crippen molar-refractivity contribution in [3.05, 3.63) is 0 Å². The van der Waals surface area contributed by atoms with Crippen LogP contribution in [0.3, 0.4) is 0 Å². The van der Waals surface area contributed by atoms with Crippen molar-refractivity contribution in [1.82, 2.24) is 0 Å². The molecule has 0 spiro atoms. The van der Waals surface area contributed by atoms with E-state index in [4.69, 9.17) is 0 Å². The van der Waals surface area contributed by atoms with Crippen LogP contribution < -0.4 is 0 Å². The molecular formula is C9H10F12O3Si. The average Bonchev–Trinajstić information content (AvgIpc) is 2.47. The zero-order valence-corrected chi connectivity index (χ0v) is 13.3. The standard InChI is InChI=1S/C9H10F12O3Si/c1-22-25(23-2,24-3)4(10)5(11,12)6(13,14)7(15,16)8(17,18)9(19,20)21/h4H,1-3H3. The van der Waals surface area contributed by atoms with Gasteiger partial charge in [0.2, 0.25) is 5.79 Å². The van der Waals surface area contributed by atoms with Gasteiger partial charge < -0.3 is 13.3 Å². The molecule has 1 unspecified atom stereocenters. The van der Waals surface area contributed by atoms with Crippen molar-refractivity contribution >= 4 is 8.80 Å². The van der Waals surface area contributed by atoms with Crippen molar-refractivity contribution in [1.29, 1.82) is 0 Å². The van der Waals surface area contributed by atoms with Crippen LogP contribution in [0.5, 0.6) is 0 Å². The molecule has 0 N–H and O–H groups in total. The van der Waals surface area contributed by atoms with Crippen molar-refractivity contribution in [2.45, 2.75) is 35.7 Å². The number of hydrogen-bond acceptors (Lipinski definition) is 3. The van der Waals surface area contributed by atoms with Crippen LogP contribution in [0.4, 0.5) is 52.7 Å². The van der Waals surface area contributed by atoms with Crippen LogP contribution in [0.15, 0.2) is 0 Å². The fraction of sp³-hybridized carbons (Fsp3) is 1.00. The fourth-order valence-electron chi connectivity index (χ4n) is 1.53. The highest BCUT2D eigenvalue weighted by molar-refractivity contribution is 6.62. The molecule has 25 heavy (non-hydrogen) atoms. The molecule has 0 aliphatic carbocycles. The van der Waals surface area contributed by atoms with Crippen LogP contribution >= 0.6 is 0 Å². The van der Waals surface area contributed by atoms with Gasteiger partial charge in [0, 0.05) is 21.3 Å². The summed E-state index contributed by atoms with van der Waals surface area (Å²) in [6.45, 7) is 0. The second-order valence-electron chi connectivity index (χ2n) is 4.42. The molecule has 0 aromatic rings. The lowest BCUT2D eigenvalue weighted by Gasteiger charge is -2.40. The maximum absolute atomic E-state index is 13.8. The molecule has 0 bridgehead atoms. The van der Waals surface area contributed by atoms with Crippen molar-refractivity contribution in [3.8, 4) is 0 Å². The Labute approximate surface area is 133 Å². The third-order valence-electron chi connectivity index (χ3n) is 3.05. The third-order valence-corrected chi connectivity index (χ3v) is 5.74. The minimum Gasteiger partial charge on any atom is -0.375 e. The van der Waals surface area contributed by atoms with Crippen LogP contribution in [-0.4, -0.2) is 65.8 Å². The average molecular weight is 422 g/mol. The first-order chi connectivity index (χ1) is 10.8. The fourth-order valence-corrected chi connectivity index (χ4v) is 3.27. The van der Waals surface area contributed by atoms with Crippen LogP contribution in [0.1, 0.15) is 0 Å². The number of alkyl halides is 12. The molecule has 0 fully saturated rings. The Morgan fingerprint density at radius 3 is 1.16 bits per heavy atom. The van der Waals surface area contributed by atoms with Crippen molar-refractivity contribution < 1.29 is 66.0 Å². The van der Waals surface area contributed by atoms with Gasteiger partial charge in [-0.2, -0.15) is 48.3 Å². The second kappa shape index (κ2) is 6.77. The predicted molar refractivity (Wildman–Crippen MR) is 57.5 cm³/mol. The van der Waals surface area contributed by atoms with E-state index in [-0.39, 0.29) is 0 Å². The summed E-state index contributed by atoms with van der Waals surface area (Å²) in [4.78, 5) is 0. The van der Waals surface area contributed by atoms with E-state index in [1.807, 2.05) is 0 Å². The van der Waals surface area contributed by atoms with E-state index in [1.165, 1.54) is 0 Å². The quantitative estimate of drug-likeness (QED) is 0.440. The summed E-state index contributed by atoms with van der Waals surface area (Å²) in [7, 11) is -4.37. The maximum Gasteiger partial charge on any atom is 0.543 e. The van der Waals surface area contributed by atoms with E-state index in [0.717, 1.165) is 0 Å². The van der Waals surface area contributed by atoms with Gasteiger partial charge in [0.15, 0.2) is 0 Å². The highest BCUT2D eigenvalue weighted by atomic mass is 28.4. The van der Waals surface area contributed by atoms with Crippen molar-refractivity contribution in [2.75, 3.05) is 21.3 Å². The molecule has 0 saturated carbocycles. The lowest BCUT2D eigenvalue weighted by Crippen LogP contribution is -2.72. The van der Waals surface area contributed by atoms with Gasteiger partial charge in [-0.15, -0.1) is 0 Å². The summed E-state index contributed by atoms with van der Waals surface area (Å²) >= 11 is 0. The first-order valence-corrected chi connectivity index (χ1v) is 7.51. The predicted octanol–water partition coefficient (Wildman–Crippen LogP) is 3.85. The Bertz CT molecular complexity index is 453. The Balaban J connectivity index is 6.30. The zero-order valence-electron chi connectivity index (χ0n) is 12.3. The molecule has 0 heterocycles. The summed E-state index contributed by atoms with van der Waals surface area (Å²) in [5, 5.41) is 0. The van der Waals surface area contributed by atoms with E-state index in [0.29, 0.717) is 21.3 Å². The molecule has 3 nitrogen and oxygen atoms in total. The second-order valence-corrected chi connectivity index (χ2v) is 7.36. The lowest BCUT2D eigenvalue weighted by molar-refractivity contribution is -0.425. The molecule has 0 saturated heterocycles. The first-order valence-electron chi connectivity index (χ1n) is 5.71. The summed E-state index contributed by atoms with van der Waals surface area (Å²) < 4.78 is 167. The SMILES string of the molecule is CO[Si](OC)(OC)C(F)C(F)(F)C(F)(F)C(F)(F)C(F)(F)C(F)(F)F. The Morgan fingerprint density at radius 2 is 0.920 bits per heavy atom. The van der Waals surface area contributed by atoms with Crippen LogP contribution in [0, 0.1) is 0 Å². The number of rotatable bonds is 8. The largest absolute Gasteiger partial charge is 0.543 e. The molecule has 152 valence electrons. The number of hydrogen-bond donors (Lipinski definition) is 0. The minimum absolute atomic E-state index is 0.377. The topological polar surface area (TPSA) is 27.7 Å². The van der Waals surface area contributed by atoms with E-state index in [2.05, 4.69) is 13.3 Å². The molecule has 16 heteroatoms. The molecule has 0 amide bonds. The van der Waals surface area contributed by atoms with E-state index in [9.17, 15) is 52.7 Å². The Morgan fingerprint density at radius 1 is 0.600 bits per heavy atom. The number of halogens is 12. The highest BCUT2D eigenvalue weighted by Crippen LogP contribution is 2.58. The van der Waals surface area contributed by atoms with Gasteiger partial charge >= 0.3 is 38.7 Å². The highest BCUT2D eigenvalue weighted by Gasteiger charge is 2.89. The van der Waals surface area contributed by atoms with E-state index < -0.39 is 44.5 Å². The molecule has 0 rings (SSSR count). The summed E-state index contributed by atoms with van der Waals surface area (Å²) in [5.74, 6) is -34.2.